The van der Waals surface area contributed by atoms with Crippen molar-refractivity contribution in [3.8, 4) is 0 Å². The highest BCUT2D eigenvalue weighted by Crippen LogP contribution is 2.20. The van der Waals surface area contributed by atoms with E-state index in [9.17, 15) is 17.6 Å². The third kappa shape index (κ3) is 6.26. The highest BCUT2D eigenvalue weighted by Gasteiger charge is 2.28. The third-order valence-electron chi connectivity index (χ3n) is 5.43. The number of hydrogen-bond donors (Lipinski definition) is 2. The largest absolute Gasteiger partial charge is 0.379 e. The summed E-state index contributed by atoms with van der Waals surface area (Å²) in [6.45, 7) is 7.73. The summed E-state index contributed by atoms with van der Waals surface area (Å²) in [6, 6.07) is 9.88. The summed E-state index contributed by atoms with van der Waals surface area (Å²) in [6.07, 6.45) is 0. The van der Waals surface area contributed by atoms with E-state index in [2.05, 4.69) is 28.8 Å². The molecular formula is C22H27ClFN3O4S. The Hall–Kier alpha value is -2.04. The topological polar surface area (TPSA) is 87.7 Å². The van der Waals surface area contributed by atoms with Gasteiger partial charge in [0.15, 0.2) is 0 Å². The molecule has 0 spiro atoms. The number of rotatable bonds is 8. The molecule has 0 aliphatic carbocycles. The second-order valence-electron chi connectivity index (χ2n) is 8.19. The molecule has 0 unspecified atom stereocenters. The molecule has 2 aromatic rings. The van der Waals surface area contributed by atoms with E-state index in [1.54, 1.807) is 24.3 Å². The average Bonchev–Trinajstić information content (AvgIpc) is 2.79. The van der Waals surface area contributed by atoms with E-state index in [1.807, 2.05) is 0 Å². The molecule has 10 heteroatoms. The smallest absolute Gasteiger partial charge is 0.251 e. The van der Waals surface area contributed by atoms with E-state index < -0.39 is 15.8 Å². The first kappa shape index (κ1) is 24.6. The molecule has 0 bridgehead atoms. The van der Waals surface area contributed by atoms with Gasteiger partial charge in [-0.25, -0.2) is 17.5 Å². The van der Waals surface area contributed by atoms with Gasteiger partial charge < -0.3 is 10.1 Å². The van der Waals surface area contributed by atoms with Crippen molar-refractivity contribution in [3.05, 3.63) is 64.4 Å². The second kappa shape index (κ2) is 10.3. The summed E-state index contributed by atoms with van der Waals surface area (Å²) in [5.41, 5.74) is 0.965. The number of nitrogens with one attached hydrogen (secondary N) is 2. The van der Waals surface area contributed by atoms with E-state index >= 15 is 0 Å². The van der Waals surface area contributed by atoms with Crippen LogP contribution in [0.2, 0.25) is 5.02 Å². The molecule has 32 heavy (non-hydrogen) atoms. The van der Waals surface area contributed by atoms with Crippen LogP contribution in [0, 0.1) is 5.82 Å². The fourth-order valence-corrected chi connectivity index (χ4v) is 4.65. The van der Waals surface area contributed by atoms with Crippen LogP contribution in [0.15, 0.2) is 47.4 Å². The number of halogens is 2. The summed E-state index contributed by atoms with van der Waals surface area (Å²) < 4.78 is 45.9. The van der Waals surface area contributed by atoms with Gasteiger partial charge in [0.25, 0.3) is 5.91 Å². The number of ether oxygens (including phenoxy) is 1. The molecule has 1 saturated heterocycles. The van der Waals surface area contributed by atoms with Gasteiger partial charge in [0.2, 0.25) is 10.0 Å². The van der Waals surface area contributed by atoms with Crippen LogP contribution in [0.4, 0.5) is 4.39 Å². The van der Waals surface area contributed by atoms with E-state index in [-0.39, 0.29) is 27.9 Å². The molecule has 1 aliphatic rings. The van der Waals surface area contributed by atoms with Crippen LogP contribution in [0.1, 0.15) is 29.8 Å². The van der Waals surface area contributed by atoms with Crippen molar-refractivity contribution in [3.63, 3.8) is 0 Å². The molecule has 1 heterocycles. The Bertz CT molecular complexity index is 1060. The number of nitrogens with zero attached hydrogens (tertiary/aromatic N) is 1. The van der Waals surface area contributed by atoms with Gasteiger partial charge in [-0.15, -0.1) is 0 Å². The lowest BCUT2D eigenvalue weighted by Crippen LogP contribution is -2.55. The summed E-state index contributed by atoms with van der Waals surface area (Å²) >= 11 is 5.67. The maximum atomic E-state index is 13.3. The average molecular weight is 484 g/mol. The van der Waals surface area contributed by atoms with Gasteiger partial charge in [-0.3, -0.25) is 9.69 Å². The Labute approximate surface area is 192 Å². The van der Waals surface area contributed by atoms with Gasteiger partial charge in [0, 0.05) is 37.3 Å². The van der Waals surface area contributed by atoms with Gasteiger partial charge in [-0.1, -0.05) is 23.7 Å². The number of carbonyl (C=O) groups is 1. The molecule has 3 rings (SSSR count). The van der Waals surface area contributed by atoms with E-state index in [4.69, 9.17) is 16.3 Å². The standard InChI is InChI=1S/C22H27ClFN3O4S/c1-22(2,27-9-11-31-12-10-27)15-25-21(28)17-5-3-16(4-6-17)14-26-32(29,30)18-7-8-20(24)19(23)13-18/h3-8,13,26H,9-12,14-15H2,1-2H3,(H,25,28). The van der Waals surface area contributed by atoms with Crippen LogP contribution in [0.3, 0.4) is 0 Å². The number of morpholine rings is 1. The minimum absolute atomic E-state index is 0.0172. The molecular weight excluding hydrogens is 457 g/mol. The van der Waals surface area contributed by atoms with Gasteiger partial charge in [0.1, 0.15) is 5.82 Å². The first-order valence-electron chi connectivity index (χ1n) is 10.2. The molecule has 0 atom stereocenters. The zero-order chi connectivity index (χ0) is 23.4. The number of hydrogen-bond acceptors (Lipinski definition) is 5. The van der Waals surface area contributed by atoms with E-state index in [0.29, 0.717) is 30.9 Å². The molecule has 0 radical (unpaired) electrons. The summed E-state index contributed by atoms with van der Waals surface area (Å²) in [7, 11) is -3.85. The van der Waals surface area contributed by atoms with Crippen molar-refractivity contribution in [1.82, 2.24) is 14.9 Å². The molecule has 2 aromatic carbocycles. The Balaban J connectivity index is 1.55. The molecule has 174 valence electrons. The Morgan fingerprint density at radius 1 is 1.16 bits per heavy atom. The Morgan fingerprint density at radius 3 is 2.44 bits per heavy atom. The lowest BCUT2D eigenvalue weighted by Gasteiger charge is -2.40. The third-order valence-corrected chi connectivity index (χ3v) is 7.12. The predicted molar refractivity (Wildman–Crippen MR) is 121 cm³/mol. The maximum Gasteiger partial charge on any atom is 0.251 e. The van der Waals surface area contributed by atoms with Crippen molar-refractivity contribution in [1.29, 1.82) is 0 Å². The number of carbonyl (C=O) groups excluding carboxylic acids is 1. The molecule has 0 aromatic heterocycles. The highest BCUT2D eigenvalue weighted by molar-refractivity contribution is 7.89. The van der Waals surface area contributed by atoms with Crippen molar-refractivity contribution in [2.75, 3.05) is 32.8 Å². The monoisotopic (exact) mass is 483 g/mol. The van der Waals surface area contributed by atoms with Gasteiger partial charge in [-0.2, -0.15) is 0 Å². The molecule has 2 N–H and O–H groups in total. The predicted octanol–water partition coefficient (Wildman–Crippen LogP) is 2.80. The first-order valence-corrected chi connectivity index (χ1v) is 12.1. The number of benzene rings is 2. The van der Waals surface area contributed by atoms with Crippen molar-refractivity contribution >= 4 is 27.5 Å². The molecule has 1 amide bonds. The van der Waals surface area contributed by atoms with Crippen LogP contribution in [0.5, 0.6) is 0 Å². The number of sulfonamides is 1. The summed E-state index contributed by atoms with van der Waals surface area (Å²) in [5, 5.41) is 2.70. The molecule has 7 nitrogen and oxygen atoms in total. The van der Waals surface area contributed by atoms with Crippen LogP contribution in [-0.4, -0.2) is 57.6 Å². The van der Waals surface area contributed by atoms with Gasteiger partial charge in [0.05, 0.1) is 23.1 Å². The zero-order valence-corrected chi connectivity index (χ0v) is 19.6. The first-order chi connectivity index (χ1) is 15.1. The van der Waals surface area contributed by atoms with Crippen molar-refractivity contribution in [2.24, 2.45) is 0 Å². The van der Waals surface area contributed by atoms with Gasteiger partial charge >= 0.3 is 0 Å². The van der Waals surface area contributed by atoms with Gasteiger partial charge in [-0.05, 0) is 49.7 Å². The lowest BCUT2D eigenvalue weighted by atomic mass is 10.0. The van der Waals surface area contributed by atoms with Crippen molar-refractivity contribution < 1.29 is 22.3 Å². The summed E-state index contributed by atoms with van der Waals surface area (Å²) in [5.74, 6) is -0.882. The van der Waals surface area contributed by atoms with E-state index in [1.165, 1.54) is 0 Å². The minimum atomic E-state index is -3.85. The van der Waals surface area contributed by atoms with Crippen molar-refractivity contribution in [2.45, 2.75) is 30.8 Å². The SMILES string of the molecule is CC(C)(CNC(=O)c1ccc(CNS(=O)(=O)c2ccc(F)c(Cl)c2)cc1)N1CCOCC1. The van der Waals surface area contributed by atoms with Crippen LogP contribution >= 0.6 is 11.6 Å². The fraction of sp³-hybridized carbons (Fsp3) is 0.409. The maximum absolute atomic E-state index is 13.3. The number of amides is 1. The quantitative estimate of drug-likeness (QED) is 0.603. The van der Waals surface area contributed by atoms with Crippen LogP contribution < -0.4 is 10.0 Å². The normalized spacial score (nSPS) is 15.5. The lowest BCUT2D eigenvalue weighted by molar-refractivity contribution is -0.00923. The van der Waals surface area contributed by atoms with Crippen LogP contribution in [-0.2, 0) is 21.3 Å². The Morgan fingerprint density at radius 2 is 1.81 bits per heavy atom. The van der Waals surface area contributed by atoms with Crippen LogP contribution in [0.25, 0.3) is 0 Å². The molecule has 1 fully saturated rings. The molecule has 1 aliphatic heterocycles. The summed E-state index contributed by atoms with van der Waals surface area (Å²) in [4.78, 5) is 14.7. The second-order valence-corrected chi connectivity index (χ2v) is 10.4. The minimum Gasteiger partial charge on any atom is -0.379 e. The Kier molecular flexibility index (Phi) is 7.89. The van der Waals surface area contributed by atoms with E-state index in [0.717, 1.165) is 31.3 Å². The zero-order valence-electron chi connectivity index (χ0n) is 18.0. The molecule has 0 saturated carbocycles. The highest BCUT2D eigenvalue weighted by atomic mass is 35.5. The fourth-order valence-electron chi connectivity index (χ4n) is 3.36.